The van der Waals surface area contributed by atoms with Gasteiger partial charge in [-0.25, -0.2) is 4.39 Å². The molecule has 1 heterocycles. The fraction of sp³-hybridized carbons (Fsp3) is 0.429. The molecular formula is C14H15ClFNO. The Morgan fingerprint density at radius 3 is 2.94 bits per heavy atom. The van der Waals surface area contributed by atoms with E-state index in [0.717, 1.165) is 17.7 Å². The standard InChI is InChI=1S/C14H15ClFNO/c1-2-17-13(8-3-4-8)11-7-9-5-6-10(15)12(16)14(9)18-11/h5-8,13,17H,2-4H2,1H3. The molecule has 4 heteroatoms. The molecule has 3 rings (SSSR count). The molecule has 0 saturated heterocycles. The molecule has 1 saturated carbocycles. The van der Waals surface area contributed by atoms with E-state index in [2.05, 4.69) is 12.2 Å². The molecule has 1 atom stereocenters. The highest BCUT2D eigenvalue weighted by Gasteiger charge is 2.34. The Balaban J connectivity index is 2.04. The second-order valence-corrected chi connectivity index (χ2v) is 5.21. The third-order valence-electron chi connectivity index (χ3n) is 3.42. The van der Waals surface area contributed by atoms with E-state index in [4.69, 9.17) is 16.0 Å². The van der Waals surface area contributed by atoms with Crippen molar-refractivity contribution in [2.75, 3.05) is 6.54 Å². The van der Waals surface area contributed by atoms with Gasteiger partial charge in [0.2, 0.25) is 0 Å². The summed E-state index contributed by atoms with van der Waals surface area (Å²) in [4.78, 5) is 0. The molecule has 2 nitrogen and oxygen atoms in total. The first-order chi connectivity index (χ1) is 8.70. The molecule has 0 radical (unpaired) electrons. The van der Waals surface area contributed by atoms with Crippen LogP contribution in [-0.4, -0.2) is 6.54 Å². The SMILES string of the molecule is CCNC(c1cc2ccc(Cl)c(F)c2o1)C1CC1. The lowest BCUT2D eigenvalue weighted by atomic mass is 10.1. The van der Waals surface area contributed by atoms with Gasteiger partial charge in [-0.1, -0.05) is 18.5 Å². The number of nitrogens with one attached hydrogen (secondary N) is 1. The summed E-state index contributed by atoms with van der Waals surface area (Å²) in [7, 11) is 0. The maximum absolute atomic E-state index is 13.8. The van der Waals surface area contributed by atoms with Crippen LogP contribution < -0.4 is 5.32 Å². The Hall–Kier alpha value is -1.06. The van der Waals surface area contributed by atoms with Gasteiger partial charge in [0.15, 0.2) is 11.4 Å². The Bertz CT molecular complexity index is 576. The van der Waals surface area contributed by atoms with E-state index in [0.29, 0.717) is 5.92 Å². The fourth-order valence-corrected chi connectivity index (χ4v) is 2.52. The molecular weight excluding hydrogens is 253 g/mol. The predicted octanol–water partition coefficient (Wildman–Crippen LogP) is 4.29. The molecule has 0 bridgehead atoms. The summed E-state index contributed by atoms with van der Waals surface area (Å²) < 4.78 is 19.5. The molecule has 1 aromatic heterocycles. The van der Waals surface area contributed by atoms with Crippen LogP contribution in [0.2, 0.25) is 5.02 Å². The maximum Gasteiger partial charge on any atom is 0.184 e. The van der Waals surface area contributed by atoms with Crippen LogP contribution in [0.4, 0.5) is 4.39 Å². The van der Waals surface area contributed by atoms with E-state index in [1.807, 2.05) is 6.07 Å². The van der Waals surface area contributed by atoms with Crippen LogP contribution >= 0.6 is 11.6 Å². The molecule has 2 aromatic rings. The summed E-state index contributed by atoms with van der Waals surface area (Å²) in [5.74, 6) is 0.964. The van der Waals surface area contributed by atoms with Crippen LogP contribution in [-0.2, 0) is 0 Å². The summed E-state index contributed by atoms with van der Waals surface area (Å²) >= 11 is 5.76. The predicted molar refractivity (Wildman–Crippen MR) is 70.3 cm³/mol. The normalized spacial score (nSPS) is 17.3. The minimum Gasteiger partial charge on any atom is -0.456 e. The maximum atomic E-state index is 13.8. The van der Waals surface area contributed by atoms with Gasteiger partial charge in [0, 0.05) is 5.39 Å². The van der Waals surface area contributed by atoms with Gasteiger partial charge in [-0.15, -0.1) is 0 Å². The second kappa shape index (κ2) is 4.56. The lowest BCUT2D eigenvalue weighted by molar-refractivity contribution is 0.398. The van der Waals surface area contributed by atoms with E-state index < -0.39 is 5.82 Å². The van der Waals surface area contributed by atoms with Crippen LogP contribution in [0.3, 0.4) is 0 Å². The molecule has 96 valence electrons. The highest BCUT2D eigenvalue weighted by Crippen LogP contribution is 2.42. The smallest absolute Gasteiger partial charge is 0.184 e. The fourth-order valence-electron chi connectivity index (χ4n) is 2.37. The molecule has 1 aliphatic carbocycles. The van der Waals surface area contributed by atoms with Crippen LogP contribution in [0, 0.1) is 11.7 Å². The van der Waals surface area contributed by atoms with Crippen molar-refractivity contribution in [1.29, 1.82) is 0 Å². The zero-order chi connectivity index (χ0) is 12.7. The molecule has 0 amide bonds. The number of hydrogen-bond acceptors (Lipinski definition) is 2. The van der Waals surface area contributed by atoms with Gasteiger partial charge < -0.3 is 9.73 Å². The van der Waals surface area contributed by atoms with Crippen molar-refractivity contribution in [3.63, 3.8) is 0 Å². The van der Waals surface area contributed by atoms with Gasteiger partial charge in [-0.05, 0) is 43.5 Å². The van der Waals surface area contributed by atoms with E-state index in [1.165, 1.54) is 12.8 Å². The van der Waals surface area contributed by atoms with Gasteiger partial charge in [0.1, 0.15) is 5.76 Å². The van der Waals surface area contributed by atoms with Gasteiger partial charge in [0.25, 0.3) is 0 Å². The van der Waals surface area contributed by atoms with Crippen LogP contribution in [0.1, 0.15) is 31.6 Å². The van der Waals surface area contributed by atoms with Gasteiger partial charge in [0.05, 0.1) is 11.1 Å². The monoisotopic (exact) mass is 267 g/mol. The molecule has 0 aliphatic heterocycles. The van der Waals surface area contributed by atoms with Crippen LogP contribution in [0.15, 0.2) is 22.6 Å². The van der Waals surface area contributed by atoms with Crippen molar-refractivity contribution >= 4 is 22.6 Å². The number of rotatable bonds is 4. The topological polar surface area (TPSA) is 25.2 Å². The van der Waals surface area contributed by atoms with Crippen molar-refractivity contribution in [1.82, 2.24) is 5.32 Å². The Morgan fingerprint density at radius 2 is 2.28 bits per heavy atom. The van der Waals surface area contributed by atoms with Gasteiger partial charge in [-0.2, -0.15) is 0 Å². The molecule has 1 aromatic carbocycles. The average molecular weight is 268 g/mol. The largest absolute Gasteiger partial charge is 0.456 e. The van der Waals surface area contributed by atoms with Gasteiger partial charge in [-0.3, -0.25) is 0 Å². The summed E-state index contributed by atoms with van der Waals surface area (Å²) in [5, 5.41) is 4.29. The zero-order valence-electron chi connectivity index (χ0n) is 10.2. The first kappa shape index (κ1) is 12.0. The minimum absolute atomic E-state index is 0.106. The zero-order valence-corrected chi connectivity index (χ0v) is 10.9. The third kappa shape index (κ3) is 2.02. The van der Waals surface area contributed by atoms with Crippen molar-refractivity contribution in [2.24, 2.45) is 5.92 Å². The van der Waals surface area contributed by atoms with E-state index >= 15 is 0 Å². The number of hydrogen-bond donors (Lipinski definition) is 1. The number of furan rings is 1. The van der Waals surface area contributed by atoms with Crippen LogP contribution in [0.25, 0.3) is 11.0 Å². The first-order valence-electron chi connectivity index (χ1n) is 6.31. The van der Waals surface area contributed by atoms with Crippen molar-refractivity contribution in [2.45, 2.75) is 25.8 Å². The van der Waals surface area contributed by atoms with Crippen molar-refractivity contribution in [3.05, 3.63) is 34.8 Å². The van der Waals surface area contributed by atoms with Gasteiger partial charge >= 0.3 is 0 Å². The number of fused-ring (bicyclic) bond motifs is 1. The summed E-state index contributed by atoms with van der Waals surface area (Å²) in [5.41, 5.74) is 0.265. The Morgan fingerprint density at radius 1 is 1.50 bits per heavy atom. The second-order valence-electron chi connectivity index (χ2n) is 4.80. The Labute approximate surface area is 110 Å². The summed E-state index contributed by atoms with van der Waals surface area (Å²) in [6.45, 7) is 2.94. The average Bonchev–Trinajstić information content (AvgIpc) is 3.10. The Kier molecular flexibility index (Phi) is 3.04. The third-order valence-corrected chi connectivity index (χ3v) is 3.71. The molecule has 1 aliphatic rings. The highest BCUT2D eigenvalue weighted by molar-refractivity contribution is 6.31. The quantitative estimate of drug-likeness (QED) is 0.894. The minimum atomic E-state index is -0.466. The van der Waals surface area contributed by atoms with Crippen molar-refractivity contribution in [3.8, 4) is 0 Å². The number of benzene rings is 1. The van der Waals surface area contributed by atoms with E-state index in [1.54, 1.807) is 12.1 Å². The summed E-state index contributed by atoms with van der Waals surface area (Å²) in [6, 6.07) is 5.47. The molecule has 1 unspecified atom stereocenters. The molecule has 1 N–H and O–H groups in total. The number of halogens is 2. The first-order valence-corrected chi connectivity index (χ1v) is 6.69. The molecule has 0 spiro atoms. The highest BCUT2D eigenvalue weighted by atomic mass is 35.5. The van der Waals surface area contributed by atoms with Crippen LogP contribution in [0.5, 0.6) is 0 Å². The molecule has 18 heavy (non-hydrogen) atoms. The molecule has 1 fully saturated rings. The van der Waals surface area contributed by atoms with Crippen molar-refractivity contribution < 1.29 is 8.81 Å². The van der Waals surface area contributed by atoms with E-state index in [-0.39, 0.29) is 16.6 Å². The van der Waals surface area contributed by atoms with E-state index in [9.17, 15) is 4.39 Å². The summed E-state index contributed by atoms with van der Waals surface area (Å²) in [6.07, 6.45) is 2.41. The lowest BCUT2D eigenvalue weighted by Crippen LogP contribution is -2.21. The lowest BCUT2D eigenvalue weighted by Gasteiger charge is -2.13.